The number of halogens is 1. The first-order valence-electron chi connectivity index (χ1n) is 10.1. The van der Waals surface area contributed by atoms with E-state index in [1.807, 2.05) is 41.8 Å². The van der Waals surface area contributed by atoms with E-state index >= 15 is 0 Å². The summed E-state index contributed by atoms with van der Waals surface area (Å²) in [4.78, 5) is 24.0. The Morgan fingerprint density at radius 3 is 2.74 bits per heavy atom. The number of imidazole rings is 1. The van der Waals surface area contributed by atoms with Crippen LogP contribution >= 0.6 is 11.6 Å². The van der Waals surface area contributed by atoms with Crippen LogP contribution in [0.4, 0.5) is 5.69 Å². The van der Waals surface area contributed by atoms with Gasteiger partial charge in [0.2, 0.25) is 0 Å². The number of hydrogen-bond acceptors (Lipinski definition) is 6. The zero-order chi connectivity index (χ0) is 21.5. The number of carbonyl (C=O) groups is 1. The number of anilines is 1. The predicted molar refractivity (Wildman–Crippen MR) is 120 cm³/mol. The van der Waals surface area contributed by atoms with E-state index < -0.39 is 5.97 Å². The lowest BCUT2D eigenvalue weighted by Gasteiger charge is -2.29. The largest absolute Gasteiger partial charge is 0.465 e. The third-order valence-corrected chi connectivity index (χ3v) is 5.94. The van der Waals surface area contributed by atoms with Crippen molar-refractivity contribution in [3.63, 3.8) is 0 Å². The molecule has 1 aliphatic heterocycles. The van der Waals surface area contributed by atoms with Gasteiger partial charge in [-0.1, -0.05) is 23.7 Å². The van der Waals surface area contributed by atoms with Crippen LogP contribution in [-0.2, 0) is 9.47 Å². The Labute approximate surface area is 184 Å². The summed E-state index contributed by atoms with van der Waals surface area (Å²) in [5.74, 6) is 0.346. The zero-order valence-electron chi connectivity index (χ0n) is 17.3. The van der Waals surface area contributed by atoms with Crippen molar-refractivity contribution >= 4 is 45.2 Å². The molecule has 1 saturated heterocycles. The number of carbonyl (C=O) groups excluding carboxylic acids is 1. The van der Waals surface area contributed by atoms with Gasteiger partial charge < -0.3 is 14.4 Å². The van der Waals surface area contributed by atoms with E-state index in [0.717, 1.165) is 46.7 Å². The van der Waals surface area contributed by atoms with Crippen molar-refractivity contribution in [1.29, 1.82) is 0 Å². The molecule has 7 nitrogen and oxygen atoms in total. The van der Waals surface area contributed by atoms with Crippen molar-refractivity contribution in [3.05, 3.63) is 59.0 Å². The molecule has 31 heavy (non-hydrogen) atoms. The van der Waals surface area contributed by atoms with Gasteiger partial charge in [-0.3, -0.25) is 9.55 Å². The van der Waals surface area contributed by atoms with Gasteiger partial charge in [0.15, 0.2) is 0 Å². The summed E-state index contributed by atoms with van der Waals surface area (Å²) in [6, 6.07) is 11.6. The summed E-state index contributed by atoms with van der Waals surface area (Å²) in [7, 11) is 1.39. The number of pyridine rings is 1. The second-order valence-electron chi connectivity index (χ2n) is 7.41. The maximum absolute atomic E-state index is 12.6. The Morgan fingerprint density at radius 1 is 1.16 bits per heavy atom. The Hall–Kier alpha value is -3.16. The van der Waals surface area contributed by atoms with Crippen LogP contribution < -0.4 is 4.90 Å². The molecule has 4 aromatic rings. The molecule has 5 rings (SSSR count). The highest BCUT2D eigenvalue weighted by Gasteiger charge is 2.22. The van der Waals surface area contributed by atoms with Crippen LogP contribution in [0.25, 0.3) is 27.6 Å². The van der Waals surface area contributed by atoms with Gasteiger partial charge in [-0.2, -0.15) is 0 Å². The monoisotopic (exact) mass is 436 g/mol. The topological polar surface area (TPSA) is 69.5 Å². The van der Waals surface area contributed by atoms with Crippen LogP contribution in [0.3, 0.4) is 0 Å². The molecule has 1 fully saturated rings. The Bertz CT molecular complexity index is 1310. The first-order chi connectivity index (χ1) is 15.1. The van der Waals surface area contributed by atoms with Crippen LogP contribution in [-0.4, -0.2) is 53.9 Å². The Kier molecular flexibility index (Phi) is 5.00. The molecular weight excluding hydrogens is 416 g/mol. The number of esters is 1. The summed E-state index contributed by atoms with van der Waals surface area (Å²) in [6.07, 6.45) is 1.74. The highest BCUT2D eigenvalue weighted by atomic mass is 35.5. The van der Waals surface area contributed by atoms with Crippen LogP contribution in [0.5, 0.6) is 0 Å². The minimum atomic E-state index is -0.410. The summed E-state index contributed by atoms with van der Waals surface area (Å²) >= 11 is 6.39. The summed E-state index contributed by atoms with van der Waals surface area (Å²) in [5.41, 5.74) is 4.44. The zero-order valence-corrected chi connectivity index (χ0v) is 18.0. The number of methoxy groups -OCH3 is 1. The molecule has 2 aromatic carbocycles. The van der Waals surface area contributed by atoms with E-state index in [9.17, 15) is 4.79 Å². The molecule has 0 aliphatic carbocycles. The molecule has 0 N–H and O–H groups in total. The van der Waals surface area contributed by atoms with Crippen molar-refractivity contribution in [2.75, 3.05) is 38.3 Å². The number of aryl methyl sites for hydroxylation is 1. The van der Waals surface area contributed by atoms with Gasteiger partial charge in [-0.25, -0.2) is 9.78 Å². The highest BCUT2D eigenvalue weighted by Crippen LogP contribution is 2.33. The van der Waals surface area contributed by atoms with Gasteiger partial charge >= 0.3 is 5.97 Å². The quantitative estimate of drug-likeness (QED) is 0.449. The predicted octanol–water partition coefficient (Wildman–Crippen LogP) is 4.16. The second kappa shape index (κ2) is 7.83. The molecule has 2 aromatic heterocycles. The van der Waals surface area contributed by atoms with E-state index in [0.29, 0.717) is 29.3 Å². The maximum Gasteiger partial charge on any atom is 0.340 e. The standard InChI is InChI=1S/C23H21ClN4O3/c1-14-26-22-17(23(29)30-2)12-15(27-8-10-31-11-9-27)13-20(22)28(14)19-6-7-25-21-16(19)4-3-5-18(21)24/h3-7,12-13H,8-11H2,1-2H3. The fourth-order valence-corrected chi connectivity index (χ4v) is 4.40. The number of benzene rings is 2. The first kappa shape index (κ1) is 19.8. The van der Waals surface area contributed by atoms with Crippen LogP contribution in [0.1, 0.15) is 16.2 Å². The number of rotatable bonds is 3. The molecule has 0 saturated carbocycles. The number of aromatic nitrogens is 3. The molecule has 0 unspecified atom stereocenters. The van der Waals surface area contributed by atoms with E-state index in [4.69, 9.17) is 26.1 Å². The number of ether oxygens (including phenoxy) is 2. The van der Waals surface area contributed by atoms with Gasteiger partial charge in [0, 0.05) is 30.4 Å². The fourth-order valence-electron chi connectivity index (χ4n) is 4.17. The lowest BCUT2D eigenvalue weighted by molar-refractivity contribution is 0.0603. The van der Waals surface area contributed by atoms with E-state index in [2.05, 4.69) is 16.0 Å². The van der Waals surface area contributed by atoms with E-state index in [1.54, 1.807) is 6.20 Å². The van der Waals surface area contributed by atoms with Gasteiger partial charge in [-0.05, 0) is 31.2 Å². The molecule has 3 heterocycles. The minimum Gasteiger partial charge on any atom is -0.465 e. The summed E-state index contributed by atoms with van der Waals surface area (Å²) < 4.78 is 12.6. The molecule has 0 spiro atoms. The van der Waals surface area contributed by atoms with Gasteiger partial charge in [0.25, 0.3) is 0 Å². The van der Waals surface area contributed by atoms with Gasteiger partial charge in [0.05, 0.1) is 47.6 Å². The van der Waals surface area contributed by atoms with Gasteiger partial charge in [0.1, 0.15) is 11.3 Å². The van der Waals surface area contributed by atoms with Crippen molar-refractivity contribution in [2.45, 2.75) is 6.92 Å². The fraction of sp³-hybridized carbons (Fsp3) is 0.261. The summed E-state index contributed by atoms with van der Waals surface area (Å²) in [6.45, 7) is 4.74. The SMILES string of the molecule is COC(=O)c1cc(N2CCOCC2)cc2c1nc(C)n2-c1ccnc2c(Cl)cccc12. The number of fused-ring (bicyclic) bond motifs is 2. The average Bonchev–Trinajstić information content (AvgIpc) is 3.14. The van der Waals surface area contributed by atoms with Crippen LogP contribution in [0.2, 0.25) is 5.02 Å². The van der Waals surface area contributed by atoms with Crippen molar-refractivity contribution < 1.29 is 14.3 Å². The van der Waals surface area contributed by atoms with Crippen molar-refractivity contribution in [1.82, 2.24) is 14.5 Å². The van der Waals surface area contributed by atoms with Crippen molar-refractivity contribution in [2.24, 2.45) is 0 Å². The van der Waals surface area contributed by atoms with Crippen LogP contribution in [0.15, 0.2) is 42.6 Å². The molecule has 158 valence electrons. The molecule has 0 bridgehead atoms. The molecule has 1 aliphatic rings. The molecule has 0 atom stereocenters. The molecule has 8 heteroatoms. The average molecular weight is 437 g/mol. The third kappa shape index (κ3) is 3.30. The Morgan fingerprint density at radius 2 is 1.97 bits per heavy atom. The first-order valence-corrected chi connectivity index (χ1v) is 10.4. The highest BCUT2D eigenvalue weighted by molar-refractivity contribution is 6.35. The van der Waals surface area contributed by atoms with Crippen molar-refractivity contribution in [3.8, 4) is 5.69 Å². The van der Waals surface area contributed by atoms with Crippen LogP contribution in [0, 0.1) is 6.92 Å². The third-order valence-electron chi connectivity index (χ3n) is 5.63. The molecule has 0 amide bonds. The van der Waals surface area contributed by atoms with Gasteiger partial charge in [-0.15, -0.1) is 0 Å². The normalized spacial score (nSPS) is 14.4. The van der Waals surface area contributed by atoms with E-state index in [1.165, 1.54) is 7.11 Å². The number of para-hydroxylation sites is 1. The second-order valence-corrected chi connectivity index (χ2v) is 7.82. The number of morpholine rings is 1. The molecule has 0 radical (unpaired) electrons. The minimum absolute atomic E-state index is 0.410. The molecular formula is C23H21ClN4O3. The summed E-state index contributed by atoms with van der Waals surface area (Å²) in [5, 5.41) is 1.50. The smallest absolute Gasteiger partial charge is 0.340 e. The maximum atomic E-state index is 12.6. The Balaban J connectivity index is 1.81. The lowest BCUT2D eigenvalue weighted by Crippen LogP contribution is -2.36. The number of nitrogens with zero attached hydrogens (tertiary/aromatic N) is 4. The number of hydrogen-bond donors (Lipinski definition) is 0. The lowest BCUT2D eigenvalue weighted by atomic mass is 10.1. The van der Waals surface area contributed by atoms with E-state index in [-0.39, 0.29) is 0 Å².